The fraction of sp³-hybridized carbons (Fsp3) is 0.941. The first kappa shape index (κ1) is 35.3. The van der Waals surface area contributed by atoms with Crippen LogP contribution >= 0.6 is 0 Å². The Morgan fingerprint density at radius 1 is 0.472 bits per heavy atom. The molecule has 0 rings (SSSR count). The van der Waals surface area contributed by atoms with Crippen molar-refractivity contribution in [3.05, 3.63) is 0 Å². The van der Waals surface area contributed by atoms with Crippen molar-refractivity contribution < 1.29 is 9.59 Å². The fourth-order valence-electron chi connectivity index (χ4n) is 5.36. The third-order valence-corrected chi connectivity index (χ3v) is 7.95. The van der Waals surface area contributed by atoms with Crippen LogP contribution in [-0.4, -0.2) is 11.6 Å². The maximum atomic E-state index is 13.0. The van der Waals surface area contributed by atoms with Crippen molar-refractivity contribution in [2.75, 3.05) is 0 Å². The molecule has 0 saturated carbocycles. The fourth-order valence-corrected chi connectivity index (χ4v) is 5.36. The van der Waals surface area contributed by atoms with E-state index in [1.54, 1.807) is 0 Å². The molecule has 0 N–H and O–H groups in total. The molecule has 0 aliphatic rings. The van der Waals surface area contributed by atoms with E-state index < -0.39 is 0 Å². The van der Waals surface area contributed by atoms with Crippen LogP contribution in [0.5, 0.6) is 0 Å². The molecule has 214 valence electrons. The number of hydrogen-bond acceptors (Lipinski definition) is 2. The molecule has 1 unspecified atom stereocenters. The van der Waals surface area contributed by atoms with Crippen LogP contribution in [0.1, 0.15) is 195 Å². The minimum absolute atomic E-state index is 0.110. The predicted octanol–water partition coefficient (Wildman–Crippen LogP) is 11.6. The summed E-state index contributed by atoms with van der Waals surface area (Å²) in [5.41, 5.74) is -0.123. The summed E-state index contributed by atoms with van der Waals surface area (Å²) in [7, 11) is 0. The maximum Gasteiger partial charge on any atom is 0.136 e. The molecule has 0 aliphatic heterocycles. The van der Waals surface area contributed by atoms with Crippen molar-refractivity contribution in [1.29, 1.82) is 0 Å². The van der Waals surface area contributed by atoms with Gasteiger partial charge in [-0.2, -0.15) is 0 Å². The molecule has 0 heterocycles. The summed E-state index contributed by atoms with van der Waals surface area (Å²) in [5.74, 6) is 0.518. The molecule has 0 saturated heterocycles. The van der Waals surface area contributed by atoms with Crippen LogP contribution in [0.4, 0.5) is 0 Å². The molecule has 1 atom stereocenters. The average Bonchev–Trinajstić information content (AvgIpc) is 2.83. The van der Waals surface area contributed by atoms with Crippen LogP contribution < -0.4 is 0 Å². The molecule has 0 aromatic heterocycles. The molecule has 0 fully saturated rings. The van der Waals surface area contributed by atoms with E-state index in [9.17, 15) is 9.59 Å². The molecule has 0 spiro atoms. The largest absolute Gasteiger partial charge is 0.300 e. The lowest BCUT2D eigenvalue weighted by Crippen LogP contribution is -2.30. The average molecular weight is 507 g/mol. The van der Waals surface area contributed by atoms with Crippen LogP contribution in [0.15, 0.2) is 0 Å². The Morgan fingerprint density at radius 3 is 1.11 bits per heavy atom. The van der Waals surface area contributed by atoms with Gasteiger partial charge < -0.3 is 0 Å². The van der Waals surface area contributed by atoms with Gasteiger partial charge in [-0.3, -0.25) is 9.59 Å². The summed E-state index contributed by atoms with van der Waals surface area (Å²) < 4.78 is 0. The van der Waals surface area contributed by atoms with Gasteiger partial charge in [0.2, 0.25) is 0 Å². The van der Waals surface area contributed by atoms with Gasteiger partial charge in [-0.1, -0.05) is 163 Å². The molecule has 0 amide bonds. The lowest BCUT2D eigenvalue weighted by atomic mass is 9.74. The monoisotopic (exact) mass is 507 g/mol. The van der Waals surface area contributed by atoms with Gasteiger partial charge in [0.15, 0.2) is 0 Å². The number of carbonyl (C=O) groups is 2. The van der Waals surface area contributed by atoms with Gasteiger partial charge in [0, 0.05) is 25.2 Å². The second-order valence-corrected chi connectivity index (χ2v) is 12.7. The van der Waals surface area contributed by atoms with E-state index >= 15 is 0 Å². The topological polar surface area (TPSA) is 34.1 Å². The number of rotatable bonds is 27. The van der Waals surface area contributed by atoms with Crippen LogP contribution in [0.3, 0.4) is 0 Å². The van der Waals surface area contributed by atoms with Crippen LogP contribution in [0.25, 0.3) is 0 Å². The van der Waals surface area contributed by atoms with Gasteiger partial charge in [-0.15, -0.1) is 0 Å². The number of Topliss-reactive ketones (excluding diaryl/α,β-unsaturated/α-hetero) is 2. The zero-order valence-corrected chi connectivity index (χ0v) is 25.6. The van der Waals surface area contributed by atoms with Crippen molar-refractivity contribution in [2.24, 2.45) is 11.3 Å². The number of hydrogen-bond donors (Lipinski definition) is 0. The third-order valence-electron chi connectivity index (χ3n) is 7.95. The van der Waals surface area contributed by atoms with Crippen molar-refractivity contribution in [3.8, 4) is 0 Å². The van der Waals surface area contributed by atoms with E-state index in [2.05, 4.69) is 34.6 Å². The van der Waals surface area contributed by atoms with Crippen LogP contribution in [0, 0.1) is 11.3 Å². The molecular weight excluding hydrogens is 440 g/mol. The Hall–Kier alpha value is -0.660. The highest BCUT2D eigenvalue weighted by Gasteiger charge is 2.32. The molecular formula is C34H66O2. The standard InChI is InChI=1S/C34H66O2/c1-6-8-10-12-14-16-18-20-22-24-26-28-31(35)30-32(34(3,4)5)33(36)29-27-25-23-21-19-17-15-13-11-9-7-2/h32H,6-30H2,1-5H3. The van der Waals surface area contributed by atoms with E-state index in [-0.39, 0.29) is 11.3 Å². The van der Waals surface area contributed by atoms with E-state index in [1.165, 1.54) is 116 Å². The van der Waals surface area contributed by atoms with E-state index in [0.29, 0.717) is 30.8 Å². The predicted molar refractivity (Wildman–Crippen MR) is 160 cm³/mol. The molecule has 0 aromatic rings. The Morgan fingerprint density at radius 2 is 0.778 bits per heavy atom. The lowest BCUT2D eigenvalue weighted by molar-refractivity contribution is -0.131. The number of carbonyl (C=O) groups excluding carboxylic acids is 2. The summed E-state index contributed by atoms with van der Waals surface area (Å²) in [4.78, 5) is 25.7. The Balaban J connectivity index is 3.90. The van der Waals surface area contributed by atoms with Gasteiger partial charge in [0.25, 0.3) is 0 Å². The second-order valence-electron chi connectivity index (χ2n) is 12.7. The molecule has 0 radical (unpaired) electrons. The van der Waals surface area contributed by atoms with Gasteiger partial charge in [0.05, 0.1) is 0 Å². The Labute approximate surface area is 227 Å². The van der Waals surface area contributed by atoms with Gasteiger partial charge >= 0.3 is 0 Å². The van der Waals surface area contributed by atoms with Gasteiger partial charge in [-0.05, 0) is 18.3 Å². The summed E-state index contributed by atoms with van der Waals surface area (Å²) >= 11 is 0. The molecule has 0 aromatic carbocycles. The van der Waals surface area contributed by atoms with Gasteiger partial charge in [-0.25, -0.2) is 0 Å². The zero-order valence-electron chi connectivity index (χ0n) is 25.6. The minimum atomic E-state index is -0.123. The first-order chi connectivity index (χ1) is 17.3. The summed E-state index contributed by atoms with van der Waals surface area (Å²) in [6.45, 7) is 10.9. The minimum Gasteiger partial charge on any atom is -0.300 e. The van der Waals surface area contributed by atoms with Crippen LogP contribution in [-0.2, 0) is 9.59 Å². The van der Waals surface area contributed by atoms with Crippen molar-refractivity contribution >= 4 is 11.6 Å². The van der Waals surface area contributed by atoms with Crippen molar-refractivity contribution in [2.45, 2.75) is 195 Å². The SMILES string of the molecule is CCCCCCCCCCCCCC(=O)CC(C(=O)CCCCCCCCCCCCC)C(C)(C)C. The summed E-state index contributed by atoms with van der Waals surface area (Å²) in [6, 6.07) is 0. The highest BCUT2D eigenvalue weighted by atomic mass is 16.1. The van der Waals surface area contributed by atoms with E-state index in [4.69, 9.17) is 0 Å². The number of unbranched alkanes of at least 4 members (excludes halogenated alkanes) is 20. The molecule has 36 heavy (non-hydrogen) atoms. The van der Waals surface area contributed by atoms with Gasteiger partial charge in [0.1, 0.15) is 11.6 Å². The Bertz CT molecular complexity index is 502. The highest BCUT2D eigenvalue weighted by Crippen LogP contribution is 2.32. The van der Waals surface area contributed by atoms with Crippen molar-refractivity contribution in [3.63, 3.8) is 0 Å². The third kappa shape index (κ3) is 22.5. The smallest absolute Gasteiger partial charge is 0.136 e. The molecule has 0 aliphatic carbocycles. The second kappa shape index (κ2) is 24.7. The first-order valence-electron chi connectivity index (χ1n) is 16.4. The molecule has 2 heteroatoms. The molecule has 0 bridgehead atoms. The zero-order chi connectivity index (χ0) is 26.9. The normalized spacial score (nSPS) is 12.7. The highest BCUT2D eigenvalue weighted by molar-refractivity contribution is 5.88. The van der Waals surface area contributed by atoms with E-state index in [1.807, 2.05) is 0 Å². The first-order valence-corrected chi connectivity index (χ1v) is 16.4. The summed E-state index contributed by atoms with van der Waals surface area (Å²) in [5, 5.41) is 0. The Kier molecular flexibility index (Phi) is 24.2. The molecule has 2 nitrogen and oxygen atoms in total. The quantitative estimate of drug-likeness (QED) is 0.104. The maximum absolute atomic E-state index is 13.0. The van der Waals surface area contributed by atoms with Crippen LogP contribution in [0.2, 0.25) is 0 Å². The number of ketones is 2. The van der Waals surface area contributed by atoms with E-state index in [0.717, 1.165) is 25.7 Å². The lowest BCUT2D eigenvalue weighted by Gasteiger charge is -2.29. The van der Waals surface area contributed by atoms with Crippen molar-refractivity contribution in [1.82, 2.24) is 0 Å². The summed E-state index contributed by atoms with van der Waals surface area (Å²) in [6.07, 6.45) is 30.4.